The predicted molar refractivity (Wildman–Crippen MR) is 76.2 cm³/mol. The minimum atomic E-state index is -1.04. The maximum Gasteiger partial charge on any atom is 0.328 e. The summed E-state index contributed by atoms with van der Waals surface area (Å²) in [6.45, 7) is 0.682. The van der Waals surface area contributed by atoms with Crippen LogP contribution in [0, 0.1) is 0 Å². The zero-order chi connectivity index (χ0) is 15.0. The molecule has 1 amide bonds. The van der Waals surface area contributed by atoms with Crippen LogP contribution in [-0.4, -0.2) is 52.3 Å². The molecule has 2 heterocycles. The van der Waals surface area contributed by atoms with Gasteiger partial charge in [-0.2, -0.15) is 0 Å². The highest BCUT2D eigenvalue weighted by Crippen LogP contribution is 2.21. The number of para-hydroxylation sites is 1. The molecule has 1 aromatic carbocycles. The number of carboxylic acid groups (broad SMARTS) is 1. The van der Waals surface area contributed by atoms with E-state index in [1.807, 2.05) is 31.3 Å². The van der Waals surface area contributed by atoms with Crippen LogP contribution in [0.4, 0.5) is 0 Å². The third-order valence-electron chi connectivity index (χ3n) is 3.85. The molecule has 1 aromatic heterocycles. The van der Waals surface area contributed by atoms with E-state index in [0.717, 1.165) is 10.9 Å². The van der Waals surface area contributed by atoms with Gasteiger partial charge in [-0.05, 0) is 12.1 Å². The highest BCUT2D eigenvalue weighted by molar-refractivity contribution is 6.00. The molecule has 0 spiro atoms. The molecule has 0 unspecified atom stereocenters. The first-order chi connectivity index (χ1) is 10.1. The Balaban J connectivity index is 1.99. The van der Waals surface area contributed by atoms with Crippen LogP contribution < -0.4 is 0 Å². The summed E-state index contributed by atoms with van der Waals surface area (Å²) in [6, 6.07) is 8.55. The Morgan fingerprint density at radius 2 is 2.10 bits per heavy atom. The Labute approximate surface area is 121 Å². The lowest BCUT2D eigenvalue weighted by Gasteiger charge is -2.32. The number of carboxylic acids is 1. The van der Waals surface area contributed by atoms with Crippen LogP contribution in [0.2, 0.25) is 0 Å². The number of aromatic nitrogens is 1. The first-order valence-corrected chi connectivity index (χ1v) is 6.75. The normalized spacial score (nSPS) is 18.9. The summed E-state index contributed by atoms with van der Waals surface area (Å²) in [7, 11) is 1.81. The van der Waals surface area contributed by atoms with Gasteiger partial charge in [-0.15, -0.1) is 0 Å². The van der Waals surface area contributed by atoms with E-state index in [-0.39, 0.29) is 19.1 Å². The number of aryl methyl sites for hydroxylation is 1. The SMILES string of the molecule is Cn1c(C(=O)N2CCOC[C@H]2C(=O)O)cc2ccccc21. The molecule has 1 N–H and O–H groups in total. The summed E-state index contributed by atoms with van der Waals surface area (Å²) in [6.07, 6.45) is 0. The average Bonchev–Trinajstić information content (AvgIpc) is 2.84. The van der Waals surface area contributed by atoms with Crippen molar-refractivity contribution in [3.63, 3.8) is 0 Å². The number of nitrogens with zero attached hydrogens (tertiary/aromatic N) is 2. The molecule has 1 atom stereocenters. The lowest BCUT2D eigenvalue weighted by molar-refractivity contribution is -0.147. The maximum absolute atomic E-state index is 12.7. The van der Waals surface area contributed by atoms with Gasteiger partial charge in [0.2, 0.25) is 0 Å². The number of amides is 1. The number of carbonyl (C=O) groups is 2. The number of hydrogen-bond donors (Lipinski definition) is 1. The summed E-state index contributed by atoms with van der Waals surface area (Å²) in [4.78, 5) is 25.3. The Bertz CT molecular complexity index is 707. The number of hydrogen-bond acceptors (Lipinski definition) is 3. The topological polar surface area (TPSA) is 71.8 Å². The molecule has 0 radical (unpaired) electrons. The van der Waals surface area contributed by atoms with Gasteiger partial charge in [-0.1, -0.05) is 18.2 Å². The maximum atomic E-state index is 12.7. The van der Waals surface area contributed by atoms with Crippen molar-refractivity contribution in [3.8, 4) is 0 Å². The number of aliphatic carboxylic acids is 1. The lowest BCUT2D eigenvalue weighted by Crippen LogP contribution is -2.52. The van der Waals surface area contributed by atoms with Gasteiger partial charge in [0.1, 0.15) is 5.69 Å². The van der Waals surface area contributed by atoms with E-state index in [0.29, 0.717) is 12.3 Å². The molecular weight excluding hydrogens is 272 g/mol. The molecule has 1 fully saturated rings. The summed E-state index contributed by atoms with van der Waals surface area (Å²) in [5, 5.41) is 10.2. The Morgan fingerprint density at radius 3 is 2.81 bits per heavy atom. The smallest absolute Gasteiger partial charge is 0.328 e. The molecule has 6 nitrogen and oxygen atoms in total. The highest BCUT2D eigenvalue weighted by Gasteiger charge is 2.34. The molecule has 3 rings (SSSR count). The molecule has 21 heavy (non-hydrogen) atoms. The van der Waals surface area contributed by atoms with Crippen molar-refractivity contribution in [3.05, 3.63) is 36.0 Å². The molecule has 1 aliphatic heterocycles. The van der Waals surface area contributed by atoms with Crippen LogP contribution in [0.1, 0.15) is 10.5 Å². The predicted octanol–water partition coefficient (Wildman–Crippen LogP) is 1.10. The Morgan fingerprint density at radius 1 is 1.33 bits per heavy atom. The number of ether oxygens (including phenoxy) is 1. The second-order valence-corrected chi connectivity index (χ2v) is 5.07. The van der Waals surface area contributed by atoms with Gasteiger partial charge in [0.15, 0.2) is 6.04 Å². The van der Waals surface area contributed by atoms with E-state index in [1.54, 1.807) is 10.6 Å². The fraction of sp³-hybridized carbons (Fsp3) is 0.333. The van der Waals surface area contributed by atoms with Crippen LogP contribution in [0.25, 0.3) is 10.9 Å². The van der Waals surface area contributed by atoms with Gasteiger partial charge >= 0.3 is 5.97 Å². The number of carbonyl (C=O) groups excluding carboxylic acids is 1. The molecule has 2 aromatic rings. The number of rotatable bonds is 2. The molecule has 110 valence electrons. The van der Waals surface area contributed by atoms with Crippen molar-refractivity contribution < 1.29 is 19.4 Å². The third-order valence-corrected chi connectivity index (χ3v) is 3.85. The van der Waals surface area contributed by atoms with Crippen LogP contribution in [0.15, 0.2) is 30.3 Å². The largest absolute Gasteiger partial charge is 0.480 e. The molecule has 6 heteroatoms. The number of morpholine rings is 1. The molecule has 0 saturated carbocycles. The minimum Gasteiger partial charge on any atom is -0.480 e. The van der Waals surface area contributed by atoms with Crippen molar-refractivity contribution in [2.45, 2.75) is 6.04 Å². The molecule has 1 saturated heterocycles. The van der Waals surface area contributed by atoms with Crippen LogP contribution in [0.3, 0.4) is 0 Å². The van der Waals surface area contributed by atoms with Crippen molar-refractivity contribution in [1.82, 2.24) is 9.47 Å². The summed E-state index contributed by atoms with van der Waals surface area (Å²) in [5.74, 6) is -1.31. The van der Waals surface area contributed by atoms with Gasteiger partial charge in [-0.3, -0.25) is 4.79 Å². The van der Waals surface area contributed by atoms with Gasteiger partial charge in [-0.25, -0.2) is 4.79 Å². The number of benzene rings is 1. The van der Waals surface area contributed by atoms with Crippen molar-refractivity contribution >= 4 is 22.8 Å². The van der Waals surface area contributed by atoms with Crippen molar-refractivity contribution in [2.24, 2.45) is 7.05 Å². The highest BCUT2D eigenvalue weighted by atomic mass is 16.5. The van der Waals surface area contributed by atoms with Crippen LogP contribution >= 0.6 is 0 Å². The van der Waals surface area contributed by atoms with Crippen LogP contribution in [0.5, 0.6) is 0 Å². The van der Waals surface area contributed by atoms with E-state index in [1.165, 1.54) is 4.90 Å². The second-order valence-electron chi connectivity index (χ2n) is 5.07. The Hall–Kier alpha value is -2.34. The first-order valence-electron chi connectivity index (χ1n) is 6.75. The van der Waals surface area contributed by atoms with Crippen molar-refractivity contribution in [1.29, 1.82) is 0 Å². The lowest BCUT2D eigenvalue weighted by atomic mass is 10.2. The Kier molecular flexibility index (Phi) is 3.39. The van der Waals surface area contributed by atoms with Gasteiger partial charge in [0.25, 0.3) is 5.91 Å². The van der Waals surface area contributed by atoms with E-state index in [4.69, 9.17) is 4.74 Å². The molecule has 1 aliphatic rings. The zero-order valence-electron chi connectivity index (χ0n) is 11.7. The molecule has 0 aliphatic carbocycles. The fourth-order valence-electron chi connectivity index (χ4n) is 2.69. The average molecular weight is 288 g/mol. The molecule has 0 bridgehead atoms. The van der Waals surface area contributed by atoms with Crippen molar-refractivity contribution in [2.75, 3.05) is 19.8 Å². The summed E-state index contributed by atoms with van der Waals surface area (Å²) < 4.78 is 6.96. The molecular formula is C15H16N2O4. The van der Waals surface area contributed by atoms with E-state index in [9.17, 15) is 14.7 Å². The van der Waals surface area contributed by atoms with E-state index >= 15 is 0 Å². The van der Waals surface area contributed by atoms with E-state index < -0.39 is 12.0 Å². The van der Waals surface area contributed by atoms with Gasteiger partial charge < -0.3 is 19.3 Å². The van der Waals surface area contributed by atoms with E-state index in [2.05, 4.69) is 0 Å². The summed E-state index contributed by atoms with van der Waals surface area (Å²) in [5.41, 5.74) is 1.44. The van der Waals surface area contributed by atoms with Crippen LogP contribution in [-0.2, 0) is 16.6 Å². The minimum absolute atomic E-state index is 0.0328. The second kappa shape index (κ2) is 5.21. The van der Waals surface area contributed by atoms with Gasteiger partial charge in [0, 0.05) is 24.5 Å². The standard InChI is InChI=1S/C15H16N2O4/c1-16-11-5-3-2-4-10(11)8-12(16)14(18)17-6-7-21-9-13(17)15(19)20/h2-5,8,13H,6-7,9H2,1H3,(H,19,20)/t13-/m0/s1. The monoisotopic (exact) mass is 288 g/mol. The number of fused-ring (bicyclic) bond motifs is 1. The van der Waals surface area contributed by atoms with Gasteiger partial charge in [0.05, 0.1) is 13.2 Å². The first kappa shape index (κ1) is 13.6. The summed E-state index contributed by atoms with van der Waals surface area (Å²) >= 11 is 0. The fourth-order valence-corrected chi connectivity index (χ4v) is 2.69. The third kappa shape index (κ3) is 2.27. The zero-order valence-corrected chi connectivity index (χ0v) is 11.7. The quantitative estimate of drug-likeness (QED) is 0.898.